The SMILES string of the molecule is COCc1ccc(-c2c(CCC3=NCC=C3)cc(OC)cc2OC)cc1. The van der Waals surface area contributed by atoms with Crippen LogP contribution in [-0.4, -0.2) is 33.6 Å². The predicted octanol–water partition coefficient (Wildman–Crippen LogP) is 4.46. The van der Waals surface area contributed by atoms with Gasteiger partial charge in [-0.25, -0.2) is 0 Å². The molecular formula is C22H25NO3. The van der Waals surface area contributed by atoms with Gasteiger partial charge in [-0.1, -0.05) is 30.3 Å². The molecule has 0 fully saturated rings. The summed E-state index contributed by atoms with van der Waals surface area (Å²) in [4.78, 5) is 4.50. The highest BCUT2D eigenvalue weighted by molar-refractivity contribution is 5.96. The highest BCUT2D eigenvalue weighted by Gasteiger charge is 2.15. The first-order valence-electron chi connectivity index (χ1n) is 8.78. The van der Waals surface area contributed by atoms with Crippen molar-refractivity contribution in [3.8, 4) is 22.6 Å². The number of rotatable bonds is 8. The van der Waals surface area contributed by atoms with Crippen molar-refractivity contribution in [3.05, 3.63) is 59.7 Å². The van der Waals surface area contributed by atoms with Gasteiger partial charge in [-0.2, -0.15) is 0 Å². The van der Waals surface area contributed by atoms with Crippen molar-refractivity contribution in [1.29, 1.82) is 0 Å². The fourth-order valence-electron chi connectivity index (χ4n) is 3.22. The van der Waals surface area contributed by atoms with E-state index in [9.17, 15) is 0 Å². The lowest BCUT2D eigenvalue weighted by Gasteiger charge is -2.17. The maximum atomic E-state index is 5.68. The average Bonchev–Trinajstić information content (AvgIpc) is 3.20. The van der Waals surface area contributed by atoms with E-state index in [2.05, 4.69) is 47.5 Å². The molecule has 26 heavy (non-hydrogen) atoms. The second-order valence-electron chi connectivity index (χ2n) is 6.23. The third-order valence-corrected chi connectivity index (χ3v) is 4.53. The van der Waals surface area contributed by atoms with E-state index < -0.39 is 0 Å². The van der Waals surface area contributed by atoms with Crippen molar-refractivity contribution in [2.45, 2.75) is 19.4 Å². The zero-order chi connectivity index (χ0) is 18.4. The Morgan fingerprint density at radius 3 is 2.38 bits per heavy atom. The number of aryl methyl sites for hydroxylation is 1. The zero-order valence-electron chi connectivity index (χ0n) is 15.6. The van der Waals surface area contributed by atoms with Crippen LogP contribution in [0.15, 0.2) is 53.5 Å². The molecule has 2 aromatic rings. The van der Waals surface area contributed by atoms with E-state index in [1.807, 2.05) is 6.07 Å². The van der Waals surface area contributed by atoms with E-state index in [0.717, 1.165) is 53.3 Å². The van der Waals surface area contributed by atoms with E-state index in [1.54, 1.807) is 21.3 Å². The van der Waals surface area contributed by atoms with Gasteiger partial charge in [0.2, 0.25) is 0 Å². The Kier molecular flexibility index (Phi) is 6.08. The van der Waals surface area contributed by atoms with Crippen LogP contribution >= 0.6 is 0 Å². The predicted molar refractivity (Wildman–Crippen MR) is 105 cm³/mol. The lowest BCUT2D eigenvalue weighted by atomic mass is 9.94. The van der Waals surface area contributed by atoms with Crippen LogP contribution in [0, 0.1) is 0 Å². The van der Waals surface area contributed by atoms with Crippen LogP contribution in [0.25, 0.3) is 11.1 Å². The Hall–Kier alpha value is -2.59. The molecule has 0 radical (unpaired) electrons. The Morgan fingerprint density at radius 2 is 1.77 bits per heavy atom. The van der Waals surface area contributed by atoms with Gasteiger partial charge in [0.15, 0.2) is 0 Å². The van der Waals surface area contributed by atoms with Crippen molar-refractivity contribution in [1.82, 2.24) is 0 Å². The molecule has 1 aliphatic rings. The monoisotopic (exact) mass is 351 g/mol. The van der Waals surface area contributed by atoms with Gasteiger partial charge < -0.3 is 14.2 Å². The first-order valence-corrected chi connectivity index (χ1v) is 8.78. The molecule has 0 amide bonds. The fraction of sp³-hybridized carbons (Fsp3) is 0.318. The summed E-state index contributed by atoms with van der Waals surface area (Å²) >= 11 is 0. The van der Waals surface area contributed by atoms with Crippen LogP contribution in [-0.2, 0) is 17.8 Å². The molecule has 0 saturated heterocycles. The molecule has 1 heterocycles. The largest absolute Gasteiger partial charge is 0.497 e. The van der Waals surface area contributed by atoms with Crippen molar-refractivity contribution < 1.29 is 14.2 Å². The first-order chi connectivity index (χ1) is 12.7. The second kappa shape index (κ2) is 8.68. The lowest BCUT2D eigenvalue weighted by molar-refractivity contribution is 0.185. The summed E-state index contributed by atoms with van der Waals surface area (Å²) < 4.78 is 16.4. The Bertz CT molecular complexity index is 807. The summed E-state index contributed by atoms with van der Waals surface area (Å²) in [5, 5.41) is 0. The number of nitrogens with zero attached hydrogens (tertiary/aromatic N) is 1. The van der Waals surface area contributed by atoms with Gasteiger partial charge >= 0.3 is 0 Å². The van der Waals surface area contributed by atoms with E-state index in [-0.39, 0.29) is 0 Å². The third-order valence-electron chi connectivity index (χ3n) is 4.53. The van der Waals surface area contributed by atoms with Gasteiger partial charge in [-0.3, -0.25) is 4.99 Å². The topological polar surface area (TPSA) is 40.0 Å². The van der Waals surface area contributed by atoms with Gasteiger partial charge in [-0.15, -0.1) is 0 Å². The Morgan fingerprint density at radius 1 is 0.962 bits per heavy atom. The van der Waals surface area contributed by atoms with Crippen LogP contribution in [0.2, 0.25) is 0 Å². The van der Waals surface area contributed by atoms with Gasteiger partial charge in [0.25, 0.3) is 0 Å². The molecular weight excluding hydrogens is 326 g/mol. The zero-order valence-corrected chi connectivity index (χ0v) is 15.6. The Labute approximate surface area is 155 Å². The van der Waals surface area contributed by atoms with Crippen molar-refractivity contribution in [2.75, 3.05) is 27.9 Å². The van der Waals surface area contributed by atoms with Crippen LogP contribution in [0.5, 0.6) is 11.5 Å². The molecule has 4 nitrogen and oxygen atoms in total. The molecule has 0 unspecified atom stereocenters. The van der Waals surface area contributed by atoms with Gasteiger partial charge in [0.05, 0.1) is 27.4 Å². The molecule has 4 heteroatoms. The molecule has 0 atom stereocenters. The standard InChI is InChI=1S/C22H25NO3/c1-24-15-16-6-8-17(9-7-16)22-18(10-11-19-5-4-12-23-19)13-20(25-2)14-21(22)26-3/h4-9,13-14H,10-12,15H2,1-3H3. The normalized spacial score (nSPS) is 13.0. The van der Waals surface area contributed by atoms with Crippen LogP contribution in [0.3, 0.4) is 0 Å². The molecule has 0 aliphatic carbocycles. The van der Waals surface area contributed by atoms with Gasteiger partial charge in [0, 0.05) is 24.5 Å². The first kappa shape index (κ1) is 18.2. The lowest BCUT2D eigenvalue weighted by Crippen LogP contribution is -2.00. The van der Waals surface area contributed by atoms with Gasteiger partial charge in [-0.05, 0) is 41.7 Å². The van der Waals surface area contributed by atoms with E-state index in [4.69, 9.17) is 14.2 Å². The molecule has 0 saturated carbocycles. The molecule has 3 rings (SSSR count). The summed E-state index contributed by atoms with van der Waals surface area (Å²) in [5.74, 6) is 1.63. The van der Waals surface area contributed by atoms with E-state index in [0.29, 0.717) is 6.61 Å². The maximum Gasteiger partial charge on any atom is 0.130 e. The molecule has 1 aliphatic heterocycles. The molecule has 0 N–H and O–H groups in total. The summed E-state index contributed by atoms with van der Waals surface area (Å²) in [6.45, 7) is 1.41. The maximum absolute atomic E-state index is 5.68. The van der Waals surface area contributed by atoms with E-state index >= 15 is 0 Å². The minimum atomic E-state index is 0.610. The van der Waals surface area contributed by atoms with Crippen molar-refractivity contribution >= 4 is 5.71 Å². The van der Waals surface area contributed by atoms with Crippen molar-refractivity contribution in [3.63, 3.8) is 0 Å². The number of aliphatic imine (C=N–C) groups is 1. The Balaban J connectivity index is 1.98. The number of methoxy groups -OCH3 is 3. The van der Waals surface area contributed by atoms with Crippen LogP contribution in [0.4, 0.5) is 0 Å². The van der Waals surface area contributed by atoms with E-state index in [1.165, 1.54) is 5.56 Å². The number of hydrogen-bond acceptors (Lipinski definition) is 4. The van der Waals surface area contributed by atoms with Crippen LogP contribution < -0.4 is 9.47 Å². The highest BCUT2D eigenvalue weighted by atomic mass is 16.5. The summed E-state index contributed by atoms with van der Waals surface area (Å²) in [6.07, 6.45) is 5.99. The quantitative estimate of drug-likeness (QED) is 0.705. The molecule has 0 aromatic heterocycles. The highest BCUT2D eigenvalue weighted by Crippen LogP contribution is 2.38. The summed E-state index contributed by atoms with van der Waals surface area (Å²) in [7, 11) is 5.09. The molecule has 0 bridgehead atoms. The minimum Gasteiger partial charge on any atom is -0.497 e. The summed E-state index contributed by atoms with van der Waals surface area (Å²) in [6, 6.07) is 12.5. The fourth-order valence-corrected chi connectivity index (χ4v) is 3.22. The smallest absolute Gasteiger partial charge is 0.130 e. The summed E-state index contributed by atoms with van der Waals surface area (Å²) in [5.41, 5.74) is 5.73. The second-order valence-corrected chi connectivity index (χ2v) is 6.23. The number of hydrogen-bond donors (Lipinski definition) is 0. The number of ether oxygens (including phenoxy) is 3. The minimum absolute atomic E-state index is 0.610. The van der Waals surface area contributed by atoms with Crippen molar-refractivity contribution in [2.24, 2.45) is 4.99 Å². The number of allylic oxidation sites excluding steroid dienone is 1. The average molecular weight is 351 g/mol. The van der Waals surface area contributed by atoms with Gasteiger partial charge in [0.1, 0.15) is 11.5 Å². The van der Waals surface area contributed by atoms with Crippen LogP contribution in [0.1, 0.15) is 17.5 Å². The molecule has 0 spiro atoms. The number of benzene rings is 2. The third kappa shape index (κ3) is 4.14. The molecule has 136 valence electrons. The molecule has 2 aromatic carbocycles.